The molecule has 6 nitrogen and oxygen atoms in total. The van der Waals surface area contributed by atoms with Crippen molar-refractivity contribution in [3.05, 3.63) is 48.6 Å². The Morgan fingerprint density at radius 3 is 0.760 bits per heavy atom. The lowest BCUT2D eigenvalue weighted by Crippen LogP contribution is -2.30. The van der Waals surface area contributed by atoms with Gasteiger partial charge in [-0.3, -0.25) is 14.4 Å². The maximum atomic E-state index is 12.9. The Morgan fingerprint density at radius 2 is 0.480 bits per heavy atom. The fraction of sp³-hybridized carbons (Fsp3) is 0.841. The molecular weight excluding hydrogens is 925 g/mol. The van der Waals surface area contributed by atoms with Crippen molar-refractivity contribution >= 4 is 17.9 Å². The summed E-state index contributed by atoms with van der Waals surface area (Å²) in [6.07, 6.45) is 80.2. The molecule has 0 aromatic carbocycles. The molecule has 0 aliphatic rings. The van der Waals surface area contributed by atoms with Gasteiger partial charge in [0.15, 0.2) is 6.10 Å². The van der Waals surface area contributed by atoms with Crippen LogP contribution in [0.15, 0.2) is 48.6 Å². The van der Waals surface area contributed by atoms with Crippen molar-refractivity contribution < 1.29 is 28.6 Å². The van der Waals surface area contributed by atoms with E-state index in [1.807, 2.05) is 0 Å². The Bertz CT molecular complexity index is 1300. The number of hydrogen-bond donors (Lipinski definition) is 0. The van der Waals surface area contributed by atoms with E-state index in [4.69, 9.17) is 14.2 Å². The minimum atomic E-state index is -0.776. The Balaban J connectivity index is 4.07. The van der Waals surface area contributed by atoms with Crippen molar-refractivity contribution in [3.63, 3.8) is 0 Å². The van der Waals surface area contributed by atoms with Gasteiger partial charge in [-0.05, 0) is 83.5 Å². The molecule has 0 fully saturated rings. The highest BCUT2D eigenvalue weighted by Crippen LogP contribution is 2.17. The van der Waals surface area contributed by atoms with Crippen molar-refractivity contribution in [1.29, 1.82) is 0 Å². The van der Waals surface area contributed by atoms with E-state index >= 15 is 0 Å². The molecule has 0 aromatic heterocycles. The van der Waals surface area contributed by atoms with E-state index in [9.17, 15) is 14.4 Å². The summed E-state index contributed by atoms with van der Waals surface area (Å²) >= 11 is 0. The lowest BCUT2D eigenvalue weighted by Gasteiger charge is -2.18. The van der Waals surface area contributed by atoms with Gasteiger partial charge in [-0.25, -0.2) is 0 Å². The third-order valence-electron chi connectivity index (χ3n) is 14.8. The van der Waals surface area contributed by atoms with Gasteiger partial charge in [0.1, 0.15) is 13.2 Å². The van der Waals surface area contributed by atoms with Crippen molar-refractivity contribution in [2.45, 2.75) is 361 Å². The Morgan fingerprint density at radius 1 is 0.267 bits per heavy atom. The number of allylic oxidation sites excluding steroid dienone is 8. The van der Waals surface area contributed by atoms with Crippen LogP contribution in [-0.2, 0) is 28.6 Å². The molecule has 1 atom stereocenters. The zero-order chi connectivity index (χ0) is 54.3. The van der Waals surface area contributed by atoms with Crippen LogP contribution in [0.5, 0.6) is 0 Å². The van der Waals surface area contributed by atoms with E-state index < -0.39 is 6.10 Å². The van der Waals surface area contributed by atoms with Crippen molar-refractivity contribution in [3.8, 4) is 0 Å². The molecule has 0 aromatic rings. The number of esters is 3. The van der Waals surface area contributed by atoms with Gasteiger partial charge >= 0.3 is 17.9 Å². The molecule has 438 valence electrons. The number of rotatable bonds is 61. The summed E-state index contributed by atoms with van der Waals surface area (Å²) in [5, 5.41) is 0. The SMILES string of the molecule is CCCCCCC/C=C\C/C=C\C/C=C\CCCCCCCCC(=O)OC(COC(=O)CCCCCCCCC)COC(=O)CCCCCCCCCCCCCCCCCCC/C=C\CCCCCCCCCC. The molecule has 0 amide bonds. The van der Waals surface area contributed by atoms with Crippen LogP contribution in [0.4, 0.5) is 0 Å². The highest BCUT2D eigenvalue weighted by Gasteiger charge is 2.19. The summed E-state index contributed by atoms with van der Waals surface area (Å²) in [6.45, 7) is 6.62. The fourth-order valence-electron chi connectivity index (χ4n) is 9.80. The van der Waals surface area contributed by atoms with Crippen LogP contribution >= 0.6 is 0 Å². The lowest BCUT2D eigenvalue weighted by atomic mass is 10.0. The quantitative estimate of drug-likeness (QED) is 0.0261. The molecular formula is C69H126O6. The van der Waals surface area contributed by atoms with Gasteiger partial charge in [0.2, 0.25) is 0 Å². The van der Waals surface area contributed by atoms with E-state index in [2.05, 4.69) is 69.4 Å². The average Bonchev–Trinajstić information content (AvgIpc) is 3.41. The molecule has 1 unspecified atom stereocenters. The summed E-state index contributed by atoms with van der Waals surface area (Å²) in [7, 11) is 0. The highest BCUT2D eigenvalue weighted by molar-refractivity contribution is 5.71. The largest absolute Gasteiger partial charge is 0.462 e. The van der Waals surface area contributed by atoms with Crippen LogP contribution in [0, 0.1) is 0 Å². The second kappa shape index (κ2) is 63.9. The smallest absolute Gasteiger partial charge is 0.306 e. The molecule has 0 N–H and O–H groups in total. The van der Waals surface area contributed by atoms with Crippen LogP contribution in [0.25, 0.3) is 0 Å². The van der Waals surface area contributed by atoms with Gasteiger partial charge in [-0.15, -0.1) is 0 Å². The van der Waals surface area contributed by atoms with Crippen LogP contribution in [0.1, 0.15) is 355 Å². The van der Waals surface area contributed by atoms with Gasteiger partial charge in [0.25, 0.3) is 0 Å². The number of carbonyl (C=O) groups excluding carboxylic acids is 3. The van der Waals surface area contributed by atoms with E-state index in [-0.39, 0.29) is 31.1 Å². The third-order valence-corrected chi connectivity index (χ3v) is 14.8. The fourth-order valence-corrected chi connectivity index (χ4v) is 9.80. The van der Waals surface area contributed by atoms with Gasteiger partial charge in [0.05, 0.1) is 0 Å². The number of ether oxygens (including phenoxy) is 3. The maximum absolute atomic E-state index is 12.9. The van der Waals surface area contributed by atoms with Gasteiger partial charge < -0.3 is 14.2 Å². The average molecular weight is 1050 g/mol. The first-order valence-electron chi connectivity index (χ1n) is 33.1. The minimum Gasteiger partial charge on any atom is -0.462 e. The minimum absolute atomic E-state index is 0.0750. The highest BCUT2D eigenvalue weighted by atomic mass is 16.6. The van der Waals surface area contributed by atoms with Crippen LogP contribution in [0.2, 0.25) is 0 Å². The van der Waals surface area contributed by atoms with Crippen LogP contribution < -0.4 is 0 Å². The summed E-state index contributed by atoms with van der Waals surface area (Å²) in [4.78, 5) is 38.1. The molecule has 0 spiro atoms. The van der Waals surface area contributed by atoms with Crippen molar-refractivity contribution in [2.24, 2.45) is 0 Å². The molecule has 6 heteroatoms. The normalized spacial score (nSPS) is 12.3. The van der Waals surface area contributed by atoms with Crippen molar-refractivity contribution in [2.75, 3.05) is 13.2 Å². The van der Waals surface area contributed by atoms with Gasteiger partial charge in [-0.1, -0.05) is 301 Å². The van der Waals surface area contributed by atoms with Crippen LogP contribution in [-0.4, -0.2) is 37.2 Å². The van der Waals surface area contributed by atoms with E-state index in [1.165, 1.54) is 238 Å². The van der Waals surface area contributed by atoms with Gasteiger partial charge in [0, 0.05) is 19.3 Å². The predicted molar refractivity (Wildman–Crippen MR) is 325 cm³/mol. The molecule has 0 rings (SSSR count). The number of hydrogen-bond acceptors (Lipinski definition) is 6. The molecule has 0 heterocycles. The first-order valence-corrected chi connectivity index (χ1v) is 33.1. The monoisotopic (exact) mass is 1050 g/mol. The standard InChI is InChI=1S/C69H126O6/c1-4-7-10-13-16-18-20-22-24-26-28-30-31-32-33-34-35-36-37-39-40-42-44-46-48-50-53-56-59-62-68(71)74-65-66(64-73-67(70)61-58-55-52-15-12-9-6-3)75-69(72)63-60-57-54-51-49-47-45-43-41-38-29-27-25-23-21-19-17-14-11-8-5-2/h21,23,26-29,41,43,66H,4-20,22,24-25,30-40,42,44-65H2,1-3H3/b23-21-,28-26-,29-27-,43-41-. The molecule has 0 aliphatic heterocycles. The summed E-state index contributed by atoms with van der Waals surface area (Å²) in [5.74, 6) is -0.876. The first-order chi connectivity index (χ1) is 37.0. The number of carbonyl (C=O) groups is 3. The molecule has 0 radical (unpaired) electrons. The van der Waals surface area contributed by atoms with E-state index in [0.29, 0.717) is 19.3 Å². The molecule has 75 heavy (non-hydrogen) atoms. The summed E-state index contributed by atoms with van der Waals surface area (Å²) in [6, 6.07) is 0. The molecule has 0 saturated heterocycles. The maximum Gasteiger partial charge on any atom is 0.306 e. The molecule has 0 aliphatic carbocycles. The van der Waals surface area contributed by atoms with E-state index in [0.717, 1.165) is 77.0 Å². The van der Waals surface area contributed by atoms with Crippen molar-refractivity contribution in [1.82, 2.24) is 0 Å². The predicted octanol–water partition coefficient (Wildman–Crippen LogP) is 22.6. The second-order valence-corrected chi connectivity index (χ2v) is 22.4. The van der Waals surface area contributed by atoms with Crippen LogP contribution in [0.3, 0.4) is 0 Å². The molecule has 0 bridgehead atoms. The molecule has 0 saturated carbocycles. The Hall–Kier alpha value is -2.63. The topological polar surface area (TPSA) is 78.9 Å². The lowest BCUT2D eigenvalue weighted by molar-refractivity contribution is -0.167. The van der Waals surface area contributed by atoms with E-state index in [1.54, 1.807) is 0 Å². The zero-order valence-corrected chi connectivity index (χ0v) is 50.3. The third kappa shape index (κ3) is 62.1. The Labute approximate surface area is 467 Å². The zero-order valence-electron chi connectivity index (χ0n) is 50.3. The number of unbranched alkanes of at least 4 members (excludes halogenated alkanes) is 42. The summed E-state index contributed by atoms with van der Waals surface area (Å²) < 4.78 is 16.8. The Kier molecular flexibility index (Phi) is 61.7. The summed E-state index contributed by atoms with van der Waals surface area (Å²) in [5.41, 5.74) is 0. The first kappa shape index (κ1) is 72.4. The van der Waals surface area contributed by atoms with Gasteiger partial charge in [-0.2, -0.15) is 0 Å². The second-order valence-electron chi connectivity index (χ2n) is 22.4.